The maximum absolute atomic E-state index is 6.11. The second-order valence-corrected chi connectivity index (χ2v) is 7.50. The number of benzene rings is 1. The Morgan fingerprint density at radius 1 is 1.38 bits per heavy atom. The lowest BCUT2D eigenvalue weighted by molar-refractivity contribution is 0.674. The Labute approximate surface area is 164 Å². The minimum atomic E-state index is 0.0849. The zero-order chi connectivity index (χ0) is 18.9. The number of halogens is 1. The summed E-state index contributed by atoms with van der Waals surface area (Å²) in [7, 11) is 1.95. The van der Waals surface area contributed by atoms with Gasteiger partial charge in [-0.25, -0.2) is 4.99 Å². The molecule has 2 aromatic rings. The lowest BCUT2D eigenvalue weighted by atomic mass is 10.1. The number of hydrogen-bond acceptors (Lipinski definition) is 4. The number of nitrogens with zero attached hydrogens (tertiary/aromatic N) is 4. The lowest BCUT2D eigenvalue weighted by Crippen LogP contribution is -2.39. The van der Waals surface area contributed by atoms with Gasteiger partial charge in [-0.1, -0.05) is 23.7 Å². The maximum Gasteiger partial charge on any atom is 0.192 e. The molecule has 0 aliphatic carbocycles. The van der Waals surface area contributed by atoms with Gasteiger partial charge < -0.3 is 15.2 Å². The second-order valence-electron chi connectivity index (χ2n) is 6.08. The second kappa shape index (κ2) is 10.4. The smallest absolute Gasteiger partial charge is 0.192 e. The number of hydrogen-bond donors (Lipinski definition) is 2. The summed E-state index contributed by atoms with van der Waals surface area (Å²) in [6, 6.07) is 7.95. The molecule has 1 unspecified atom stereocenters. The van der Waals surface area contributed by atoms with Gasteiger partial charge in [0.1, 0.15) is 12.4 Å². The number of rotatable bonds is 8. The molecule has 0 amide bonds. The third-order valence-corrected chi connectivity index (χ3v) is 5.01. The number of aromatic nitrogens is 3. The molecule has 0 bridgehead atoms. The molecule has 0 saturated heterocycles. The van der Waals surface area contributed by atoms with Crippen molar-refractivity contribution in [3.8, 4) is 0 Å². The summed E-state index contributed by atoms with van der Waals surface area (Å²) in [4.78, 5) is 4.68. The number of aryl methyl sites for hydroxylation is 1. The third-order valence-electron chi connectivity index (χ3n) is 4.08. The van der Waals surface area contributed by atoms with Crippen molar-refractivity contribution < 1.29 is 0 Å². The van der Waals surface area contributed by atoms with Gasteiger partial charge in [-0.05, 0) is 50.0 Å². The lowest BCUT2D eigenvalue weighted by Gasteiger charge is -2.19. The highest BCUT2D eigenvalue weighted by molar-refractivity contribution is 7.98. The van der Waals surface area contributed by atoms with Gasteiger partial charge in [-0.3, -0.25) is 0 Å². The van der Waals surface area contributed by atoms with E-state index in [0.29, 0.717) is 6.54 Å². The topological polar surface area (TPSA) is 67.1 Å². The van der Waals surface area contributed by atoms with Crippen molar-refractivity contribution >= 4 is 29.3 Å². The van der Waals surface area contributed by atoms with Crippen molar-refractivity contribution in [2.45, 2.75) is 32.9 Å². The Hall–Kier alpha value is -1.73. The highest BCUT2D eigenvalue weighted by Gasteiger charge is 2.10. The normalized spacial score (nSPS) is 12.9. The number of nitrogens with one attached hydrogen (secondary N) is 2. The van der Waals surface area contributed by atoms with Crippen molar-refractivity contribution in [3.05, 3.63) is 46.5 Å². The number of thioether (sulfide) groups is 1. The summed E-state index contributed by atoms with van der Waals surface area (Å²) < 4.78 is 1.95. The molecule has 2 rings (SSSR count). The molecule has 0 spiro atoms. The molecule has 0 aliphatic heterocycles. The Bertz CT molecular complexity index is 730. The van der Waals surface area contributed by atoms with Crippen molar-refractivity contribution in [2.75, 3.05) is 18.6 Å². The predicted molar refractivity (Wildman–Crippen MR) is 111 cm³/mol. The molecule has 2 N–H and O–H groups in total. The predicted octanol–water partition coefficient (Wildman–Crippen LogP) is 3.33. The first kappa shape index (κ1) is 20.6. The van der Waals surface area contributed by atoms with Crippen LogP contribution in [0.4, 0.5) is 0 Å². The monoisotopic (exact) mass is 394 g/mol. The highest BCUT2D eigenvalue weighted by atomic mass is 35.5. The Morgan fingerprint density at radius 3 is 2.85 bits per heavy atom. The summed E-state index contributed by atoms with van der Waals surface area (Å²) in [5.74, 6) is 3.60. The van der Waals surface area contributed by atoms with Crippen LogP contribution in [-0.2, 0) is 13.6 Å². The first-order valence-electron chi connectivity index (χ1n) is 8.65. The van der Waals surface area contributed by atoms with Crippen molar-refractivity contribution in [3.63, 3.8) is 0 Å². The molecule has 1 heterocycles. The van der Waals surface area contributed by atoms with Crippen LogP contribution in [0.1, 0.15) is 36.6 Å². The van der Waals surface area contributed by atoms with E-state index in [1.807, 2.05) is 48.5 Å². The quantitative estimate of drug-likeness (QED) is 0.408. The van der Waals surface area contributed by atoms with Crippen LogP contribution in [0.5, 0.6) is 0 Å². The molecule has 1 aromatic carbocycles. The van der Waals surface area contributed by atoms with E-state index < -0.39 is 0 Å². The summed E-state index contributed by atoms with van der Waals surface area (Å²) >= 11 is 7.95. The maximum atomic E-state index is 6.11. The van der Waals surface area contributed by atoms with Gasteiger partial charge in [0.05, 0.1) is 6.04 Å². The van der Waals surface area contributed by atoms with Gasteiger partial charge >= 0.3 is 0 Å². The van der Waals surface area contributed by atoms with E-state index in [0.717, 1.165) is 46.9 Å². The standard InChI is InChI=1S/C18H27ClN6S/c1-13(15-7-5-8-16(19)11-15)22-18(20-9-6-10-26-4)21-12-17-24-23-14(2)25(17)3/h5,7-8,11,13H,6,9-10,12H2,1-4H3,(H2,20,21,22). The van der Waals surface area contributed by atoms with Crippen LogP contribution in [0, 0.1) is 6.92 Å². The van der Waals surface area contributed by atoms with Gasteiger partial charge in [0, 0.05) is 18.6 Å². The molecule has 26 heavy (non-hydrogen) atoms. The van der Waals surface area contributed by atoms with E-state index in [4.69, 9.17) is 11.6 Å². The van der Waals surface area contributed by atoms with E-state index in [9.17, 15) is 0 Å². The van der Waals surface area contributed by atoms with Crippen molar-refractivity contribution in [2.24, 2.45) is 12.0 Å². The minimum Gasteiger partial charge on any atom is -0.356 e. The zero-order valence-electron chi connectivity index (χ0n) is 15.8. The van der Waals surface area contributed by atoms with Crippen LogP contribution in [-0.4, -0.2) is 39.3 Å². The Kier molecular flexibility index (Phi) is 8.25. The molecule has 6 nitrogen and oxygen atoms in total. The van der Waals surface area contributed by atoms with Crippen LogP contribution < -0.4 is 10.6 Å². The molecule has 0 radical (unpaired) electrons. The van der Waals surface area contributed by atoms with Crippen molar-refractivity contribution in [1.29, 1.82) is 0 Å². The summed E-state index contributed by atoms with van der Waals surface area (Å²) in [6.07, 6.45) is 3.20. The van der Waals surface area contributed by atoms with E-state index in [1.54, 1.807) is 0 Å². The van der Waals surface area contributed by atoms with Crippen molar-refractivity contribution in [1.82, 2.24) is 25.4 Å². The summed E-state index contributed by atoms with van der Waals surface area (Å²) in [5, 5.41) is 15.8. The van der Waals surface area contributed by atoms with Crippen LogP contribution in [0.2, 0.25) is 5.02 Å². The van der Waals surface area contributed by atoms with E-state index in [2.05, 4.69) is 45.1 Å². The van der Waals surface area contributed by atoms with Gasteiger partial charge in [0.2, 0.25) is 0 Å². The Balaban J connectivity index is 2.06. The van der Waals surface area contributed by atoms with Gasteiger partial charge in [0.15, 0.2) is 11.8 Å². The van der Waals surface area contributed by atoms with Crippen LogP contribution in [0.3, 0.4) is 0 Å². The first-order chi connectivity index (χ1) is 12.5. The van der Waals surface area contributed by atoms with Crippen LogP contribution >= 0.6 is 23.4 Å². The molecule has 1 atom stereocenters. The fraction of sp³-hybridized carbons (Fsp3) is 0.500. The van der Waals surface area contributed by atoms with E-state index in [1.165, 1.54) is 0 Å². The largest absolute Gasteiger partial charge is 0.356 e. The molecular weight excluding hydrogens is 368 g/mol. The number of guanidine groups is 1. The molecule has 1 aromatic heterocycles. The molecule has 0 saturated carbocycles. The van der Waals surface area contributed by atoms with E-state index in [-0.39, 0.29) is 6.04 Å². The van der Waals surface area contributed by atoms with Crippen LogP contribution in [0.15, 0.2) is 29.3 Å². The molecule has 0 aliphatic rings. The average Bonchev–Trinajstić information content (AvgIpc) is 2.95. The highest BCUT2D eigenvalue weighted by Crippen LogP contribution is 2.17. The molecule has 8 heteroatoms. The fourth-order valence-corrected chi connectivity index (χ4v) is 3.01. The average molecular weight is 395 g/mol. The van der Waals surface area contributed by atoms with Gasteiger partial charge in [-0.15, -0.1) is 10.2 Å². The SMILES string of the molecule is CSCCCNC(=NCc1nnc(C)n1C)NC(C)c1cccc(Cl)c1. The molecule has 142 valence electrons. The third kappa shape index (κ3) is 6.21. The molecular formula is C18H27ClN6S. The zero-order valence-corrected chi connectivity index (χ0v) is 17.4. The summed E-state index contributed by atoms with van der Waals surface area (Å²) in [6.45, 7) is 5.36. The van der Waals surface area contributed by atoms with Gasteiger partial charge in [0.25, 0.3) is 0 Å². The van der Waals surface area contributed by atoms with E-state index >= 15 is 0 Å². The van der Waals surface area contributed by atoms with Gasteiger partial charge in [-0.2, -0.15) is 11.8 Å². The molecule has 0 fully saturated rings. The van der Waals surface area contributed by atoms with Crippen LogP contribution in [0.25, 0.3) is 0 Å². The Morgan fingerprint density at radius 2 is 2.19 bits per heavy atom. The fourth-order valence-electron chi connectivity index (χ4n) is 2.38. The minimum absolute atomic E-state index is 0.0849. The first-order valence-corrected chi connectivity index (χ1v) is 10.4. The summed E-state index contributed by atoms with van der Waals surface area (Å²) in [5.41, 5.74) is 1.12. The number of aliphatic imine (C=N–C) groups is 1.